The van der Waals surface area contributed by atoms with Crippen LogP contribution in [0.25, 0.3) is 0 Å². The predicted molar refractivity (Wildman–Crippen MR) is 49.3 cm³/mol. The van der Waals surface area contributed by atoms with Crippen molar-refractivity contribution >= 4 is 10.2 Å². The molecule has 0 saturated carbocycles. The van der Waals surface area contributed by atoms with E-state index >= 15 is 0 Å². The first-order valence-electron chi connectivity index (χ1n) is 4.23. The van der Waals surface area contributed by atoms with Gasteiger partial charge in [0.1, 0.15) is 0 Å². The van der Waals surface area contributed by atoms with E-state index in [0.29, 0.717) is 6.42 Å². The van der Waals surface area contributed by atoms with Gasteiger partial charge in [-0.2, -0.15) is 12.7 Å². The van der Waals surface area contributed by atoms with Crippen LogP contribution in [0.1, 0.15) is 20.3 Å². The van der Waals surface area contributed by atoms with Crippen LogP contribution in [-0.2, 0) is 14.9 Å². The molecule has 3 atom stereocenters. The minimum absolute atomic E-state index is 0.0849. The fourth-order valence-corrected chi connectivity index (χ4v) is 2.31. The fraction of sp³-hybridized carbons (Fsp3) is 1.00. The van der Waals surface area contributed by atoms with Crippen LogP contribution < -0.4 is 5.14 Å². The molecule has 1 heterocycles. The summed E-state index contributed by atoms with van der Waals surface area (Å²) >= 11 is 0. The van der Waals surface area contributed by atoms with Gasteiger partial charge in [-0.05, 0) is 20.3 Å². The van der Waals surface area contributed by atoms with Gasteiger partial charge in [0.2, 0.25) is 0 Å². The normalized spacial score (nSPS) is 35.6. The molecule has 0 aliphatic carbocycles. The van der Waals surface area contributed by atoms with E-state index < -0.39 is 10.2 Å². The quantitative estimate of drug-likeness (QED) is 0.676. The molecule has 1 rings (SSSR count). The average Bonchev–Trinajstić information content (AvgIpc) is 2.26. The molecule has 1 saturated heterocycles. The van der Waals surface area contributed by atoms with Crippen molar-refractivity contribution in [3.8, 4) is 0 Å². The summed E-state index contributed by atoms with van der Waals surface area (Å²) in [6, 6.07) is -0.134. The molecule has 3 unspecified atom stereocenters. The largest absolute Gasteiger partial charge is 0.374 e. The highest BCUT2D eigenvalue weighted by molar-refractivity contribution is 7.86. The van der Waals surface area contributed by atoms with Gasteiger partial charge in [0.05, 0.1) is 18.2 Å². The minimum Gasteiger partial charge on any atom is -0.374 e. The van der Waals surface area contributed by atoms with Crippen LogP contribution in [0.4, 0.5) is 0 Å². The van der Waals surface area contributed by atoms with Crippen LogP contribution in [0.3, 0.4) is 0 Å². The maximum Gasteiger partial charge on any atom is 0.276 e. The van der Waals surface area contributed by atoms with Gasteiger partial charge in [0.25, 0.3) is 10.2 Å². The monoisotopic (exact) mass is 208 g/mol. The van der Waals surface area contributed by atoms with Crippen molar-refractivity contribution in [2.24, 2.45) is 5.14 Å². The van der Waals surface area contributed by atoms with Gasteiger partial charge in [0, 0.05) is 7.05 Å². The lowest BCUT2D eigenvalue weighted by atomic mass is 10.1. The Bertz CT molecular complexity index is 277. The van der Waals surface area contributed by atoms with E-state index in [4.69, 9.17) is 9.88 Å². The lowest BCUT2D eigenvalue weighted by molar-refractivity contribution is 0.0548. The van der Waals surface area contributed by atoms with E-state index in [9.17, 15) is 8.42 Å². The zero-order valence-corrected chi connectivity index (χ0v) is 8.91. The molecular weight excluding hydrogens is 192 g/mol. The Hall–Kier alpha value is -0.170. The van der Waals surface area contributed by atoms with Crippen molar-refractivity contribution in [1.82, 2.24) is 4.31 Å². The lowest BCUT2D eigenvalue weighted by Crippen LogP contribution is -2.44. The number of hydrogen-bond acceptors (Lipinski definition) is 3. The Morgan fingerprint density at radius 3 is 2.31 bits per heavy atom. The third kappa shape index (κ3) is 2.40. The molecule has 0 spiro atoms. The van der Waals surface area contributed by atoms with Crippen LogP contribution in [-0.4, -0.2) is 38.0 Å². The minimum atomic E-state index is -3.59. The Balaban J connectivity index is 2.73. The zero-order chi connectivity index (χ0) is 10.2. The van der Waals surface area contributed by atoms with Gasteiger partial charge in [-0.25, -0.2) is 5.14 Å². The summed E-state index contributed by atoms with van der Waals surface area (Å²) in [5.74, 6) is 0. The molecule has 6 heteroatoms. The van der Waals surface area contributed by atoms with Crippen molar-refractivity contribution in [2.45, 2.75) is 38.5 Å². The van der Waals surface area contributed by atoms with E-state index in [2.05, 4.69) is 0 Å². The molecule has 78 valence electrons. The van der Waals surface area contributed by atoms with Gasteiger partial charge in [-0.3, -0.25) is 0 Å². The zero-order valence-electron chi connectivity index (χ0n) is 8.10. The van der Waals surface area contributed by atoms with Crippen LogP contribution in [0.2, 0.25) is 0 Å². The van der Waals surface area contributed by atoms with Crippen molar-refractivity contribution < 1.29 is 13.2 Å². The van der Waals surface area contributed by atoms with E-state index in [0.717, 1.165) is 0 Å². The molecule has 1 aliphatic heterocycles. The summed E-state index contributed by atoms with van der Waals surface area (Å²) in [5, 5.41) is 5.01. The summed E-state index contributed by atoms with van der Waals surface area (Å²) in [6.45, 7) is 3.78. The average molecular weight is 208 g/mol. The molecule has 1 aliphatic rings. The SMILES string of the molecule is CC1CC(N(C)S(N)(=O)=O)C(C)O1. The third-order valence-corrected chi connectivity index (χ3v) is 3.50. The summed E-state index contributed by atoms with van der Waals surface area (Å²) in [6.07, 6.45) is 0.719. The second-order valence-electron chi connectivity index (χ2n) is 3.52. The Morgan fingerprint density at radius 2 is 2.00 bits per heavy atom. The smallest absolute Gasteiger partial charge is 0.276 e. The molecule has 2 N–H and O–H groups in total. The number of nitrogens with zero attached hydrogens (tertiary/aromatic N) is 1. The molecule has 5 nitrogen and oxygen atoms in total. The fourth-order valence-electron chi connectivity index (χ4n) is 1.68. The van der Waals surface area contributed by atoms with Gasteiger partial charge in [-0.15, -0.1) is 0 Å². The van der Waals surface area contributed by atoms with Crippen molar-refractivity contribution in [3.05, 3.63) is 0 Å². The first-order valence-corrected chi connectivity index (χ1v) is 5.74. The number of hydrogen-bond donors (Lipinski definition) is 1. The molecule has 0 amide bonds. The topological polar surface area (TPSA) is 72.6 Å². The molecule has 0 aromatic carbocycles. The van der Waals surface area contributed by atoms with Crippen LogP contribution in [0.15, 0.2) is 0 Å². The second-order valence-corrected chi connectivity index (χ2v) is 5.12. The number of nitrogens with two attached hydrogens (primary N) is 1. The molecule has 0 aromatic rings. The summed E-state index contributed by atoms with van der Waals surface area (Å²) in [4.78, 5) is 0. The standard InChI is InChI=1S/C7H16N2O3S/c1-5-4-7(6(2)12-5)9(3)13(8,10)11/h5-7H,4H2,1-3H3,(H2,8,10,11). The Labute approximate surface area is 79.0 Å². The summed E-state index contributed by atoms with van der Waals surface area (Å²) in [5.41, 5.74) is 0. The number of likely N-dealkylation sites (N-methyl/N-ethyl adjacent to an activating group) is 1. The van der Waals surface area contributed by atoms with Crippen molar-refractivity contribution in [2.75, 3.05) is 7.05 Å². The van der Waals surface area contributed by atoms with Gasteiger partial charge >= 0.3 is 0 Å². The number of rotatable bonds is 2. The van der Waals surface area contributed by atoms with E-state index in [1.807, 2.05) is 13.8 Å². The molecular formula is C7H16N2O3S. The van der Waals surface area contributed by atoms with E-state index in [1.54, 1.807) is 0 Å². The van der Waals surface area contributed by atoms with Crippen LogP contribution in [0, 0.1) is 0 Å². The maximum absolute atomic E-state index is 11.0. The summed E-state index contributed by atoms with van der Waals surface area (Å²) in [7, 11) is -2.11. The van der Waals surface area contributed by atoms with Crippen LogP contribution >= 0.6 is 0 Å². The first-order chi connectivity index (χ1) is 5.82. The van der Waals surface area contributed by atoms with Gasteiger partial charge in [-0.1, -0.05) is 0 Å². The Morgan fingerprint density at radius 1 is 1.46 bits per heavy atom. The molecule has 0 radical (unpaired) electrons. The number of ether oxygens (including phenoxy) is 1. The van der Waals surface area contributed by atoms with E-state index in [-0.39, 0.29) is 18.2 Å². The first kappa shape index (κ1) is 10.9. The van der Waals surface area contributed by atoms with Crippen molar-refractivity contribution in [3.63, 3.8) is 0 Å². The third-order valence-electron chi connectivity index (χ3n) is 2.43. The Kier molecular flexibility index (Phi) is 2.96. The molecule has 0 aromatic heterocycles. The molecule has 0 bridgehead atoms. The van der Waals surface area contributed by atoms with Crippen molar-refractivity contribution in [1.29, 1.82) is 0 Å². The predicted octanol–water partition coefficient (Wildman–Crippen LogP) is -0.312. The molecule has 13 heavy (non-hydrogen) atoms. The van der Waals surface area contributed by atoms with Gasteiger partial charge in [0.15, 0.2) is 0 Å². The highest BCUT2D eigenvalue weighted by atomic mass is 32.2. The van der Waals surface area contributed by atoms with E-state index in [1.165, 1.54) is 11.4 Å². The second kappa shape index (κ2) is 3.53. The highest BCUT2D eigenvalue weighted by Crippen LogP contribution is 2.24. The highest BCUT2D eigenvalue weighted by Gasteiger charge is 2.36. The molecule has 1 fully saturated rings. The summed E-state index contributed by atoms with van der Waals surface area (Å²) < 4.78 is 28.6. The maximum atomic E-state index is 11.0. The van der Waals surface area contributed by atoms with Gasteiger partial charge < -0.3 is 4.74 Å². The van der Waals surface area contributed by atoms with Crippen LogP contribution in [0.5, 0.6) is 0 Å². The lowest BCUT2D eigenvalue weighted by Gasteiger charge is -2.23.